The van der Waals surface area contributed by atoms with Gasteiger partial charge in [0.2, 0.25) is 0 Å². The van der Waals surface area contributed by atoms with Crippen LogP contribution in [-0.4, -0.2) is 34.9 Å². The van der Waals surface area contributed by atoms with Crippen molar-refractivity contribution in [2.24, 2.45) is 5.73 Å². The van der Waals surface area contributed by atoms with Crippen LogP contribution in [0.5, 0.6) is 0 Å². The second-order valence-electron chi connectivity index (χ2n) is 5.97. The van der Waals surface area contributed by atoms with E-state index in [-0.39, 0.29) is 17.4 Å². The maximum atomic E-state index is 12.0. The average molecular weight is 266 g/mol. The van der Waals surface area contributed by atoms with Crippen LogP contribution in [0.15, 0.2) is 6.07 Å². The third-order valence-electron chi connectivity index (χ3n) is 3.30. The molecule has 19 heavy (non-hydrogen) atoms. The van der Waals surface area contributed by atoms with E-state index in [4.69, 9.17) is 10.5 Å². The lowest BCUT2D eigenvalue weighted by Crippen LogP contribution is -2.29. The van der Waals surface area contributed by atoms with Gasteiger partial charge in [-0.3, -0.25) is 9.89 Å². The van der Waals surface area contributed by atoms with Crippen molar-refractivity contribution in [1.29, 1.82) is 0 Å². The van der Waals surface area contributed by atoms with Gasteiger partial charge in [-0.2, -0.15) is 5.10 Å². The number of rotatable bonds is 3. The molecule has 0 radical (unpaired) electrons. The Morgan fingerprint density at radius 2 is 2.32 bits per heavy atom. The van der Waals surface area contributed by atoms with Crippen molar-refractivity contribution in [3.63, 3.8) is 0 Å². The minimum atomic E-state index is -0.414. The second-order valence-corrected chi connectivity index (χ2v) is 5.97. The number of aromatic amines is 1. The van der Waals surface area contributed by atoms with E-state index >= 15 is 0 Å². The summed E-state index contributed by atoms with van der Waals surface area (Å²) >= 11 is 0. The number of anilines is 1. The zero-order chi connectivity index (χ0) is 14.0. The minimum absolute atomic E-state index is 0.0000649. The summed E-state index contributed by atoms with van der Waals surface area (Å²) in [6.45, 7) is 6.70. The highest BCUT2D eigenvalue weighted by Gasteiger charge is 2.30. The lowest BCUT2D eigenvalue weighted by Gasteiger charge is -2.14. The van der Waals surface area contributed by atoms with Crippen molar-refractivity contribution >= 4 is 11.7 Å². The van der Waals surface area contributed by atoms with Crippen molar-refractivity contribution in [2.75, 3.05) is 11.9 Å². The fraction of sp³-hybridized carbons (Fsp3) is 0.692. The predicted octanol–water partition coefficient (Wildman–Crippen LogP) is 1.15. The Kier molecular flexibility index (Phi) is 3.91. The maximum absolute atomic E-state index is 12.0. The zero-order valence-corrected chi connectivity index (χ0v) is 11.7. The molecule has 0 aromatic carbocycles. The standard InChI is InChI=1S/C13H22N4O2/c1-13(2,3)10-6-11(17-16-10)15-12(18)9-5-4-8(7-14)19-9/h6,8-9H,4-5,7,14H2,1-3H3,(H2,15,16,17,18). The molecule has 2 rings (SSSR count). The van der Waals surface area contributed by atoms with E-state index in [1.165, 1.54) is 0 Å². The van der Waals surface area contributed by atoms with Crippen molar-refractivity contribution in [1.82, 2.24) is 10.2 Å². The Hall–Kier alpha value is -1.40. The average Bonchev–Trinajstić information content (AvgIpc) is 2.95. The molecule has 1 amide bonds. The van der Waals surface area contributed by atoms with Gasteiger partial charge >= 0.3 is 0 Å². The number of nitrogens with one attached hydrogen (secondary N) is 2. The van der Waals surface area contributed by atoms with Crippen LogP contribution in [0.4, 0.5) is 5.82 Å². The molecule has 1 fully saturated rings. The zero-order valence-electron chi connectivity index (χ0n) is 11.7. The third-order valence-corrected chi connectivity index (χ3v) is 3.30. The van der Waals surface area contributed by atoms with Gasteiger partial charge in [-0.05, 0) is 12.8 Å². The minimum Gasteiger partial charge on any atom is -0.364 e. The topological polar surface area (TPSA) is 93.0 Å². The Morgan fingerprint density at radius 1 is 1.58 bits per heavy atom. The van der Waals surface area contributed by atoms with E-state index in [0.29, 0.717) is 18.8 Å². The molecular weight excluding hydrogens is 244 g/mol. The summed E-state index contributed by atoms with van der Waals surface area (Å²) in [6.07, 6.45) is 1.13. The molecule has 0 spiro atoms. The third kappa shape index (κ3) is 3.33. The van der Waals surface area contributed by atoms with E-state index in [2.05, 4.69) is 36.3 Å². The summed E-state index contributed by atoms with van der Waals surface area (Å²) in [5.41, 5.74) is 6.48. The van der Waals surface area contributed by atoms with Crippen molar-refractivity contribution in [3.8, 4) is 0 Å². The number of amides is 1. The number of hydrogen-bond donors (Lipinski definition) is 3. The fourth-order valence-corrected chi connectivity index (χ4v) is 2.05. The number of aromatic nitrogens is 2. The highest BCUT2D eigenvalue weighted by Crippen LogP contribution is 2.23. The van der Waals surface area contributed by atoms with Gasteiger partial charge in [-0.25, -0.2) is 0 Å². The second kappa shape index (κ2) is 5.30. The van der Waals surface area contributed by atoms with Crippen LogP contribution in [0.1, 0.15) is 39.3 Å². The molecule has 1 aromatic rings. The monoisotopic (exact) mass is 266 g/mol. The summed E-state index contributed by atoms with van der Waals surface area (Å²) < 4.78 is 5.54. The predicted molar refractivity (Wildman–Crippen MR) is 72.9 cm³/mol. The van der Waals surface area contributed by atoms with Gasteiger partial charge < -0.3 is 15.8 Å². The Morgan fingerprint density at radius 3 is 2.84 bits per heavy atom. The lowest BCUT2D eigenvalue weighted by atomic mass is 9.92. The van der Waals surface area contributed by atoms with Crippen LogP contribution in [-0.2, 0) is 14.9 Å². The van der Waals surface area contributed by atoms with Gasteiger partial charge in [-0.15, -0.1) is 0 Å². The van der Waals surface area contributed by atoms with Crippen LogP contribution in [0, 0.1) is 0 Å². The molecule has 1 aromatic heterocycles. The van der Waals surface area contributed by atoms with Gasteiger partial charge in [0.05, 0.1) is 6.10 Å². The quantitative estimate of drug-likeness (QED) is 0.765. The molecule has 0 aliphatic carbocycles. The molecule has 2 heterocycles. The smallest absolute Gasteiger partial charge is 0.254 e. The number of H-pyrrole nitrogens is 1. The number of nitrogens with zero attached hydrogens (tertiary/aromatic N) is 1. The normalized spacial score (nSPS) is 23.6. The molecule has 6 nitrogen and oxygen atoms in total. The Bertz CT molecular complexity index is 450. The molecule has 0 bridgehead atoms. The van der Waals surface area contributed by atoms with Crippen LogP contribution in [0.3, 0.4) is 0 Å². The van der Waals surface area contributed by atoms with E-state index < -0.39 is 6.10 Å². The summed E-state index contributed by atoms with van der Waals surface area (Å²) in [5.74, 6) is 0.387. The van der Waals surface area contributed by atoms with Gasteiger partial charge in [0.1, 0.15) is 6.10 Å². The van der Waals surface area contributed by atoms with E-state index in [9.17, 15) is 4.79 Å². The van der Waals surface area contributed by atoms with Crippen LogP contribution < -0.4 is 11.1 Å². The highest BCUT2D eigenvalue weighted by atomic mass is 16.5. The van der Waals surface area contributed by atoms with Crippen molar-refractivity contribution in [3.05, 3.63) is 11.8 Å². The summed E-state index contributed by atoms with van der Waals surface area (Å²) in [4.78, 5) is 12.0. The molecule has 106 valence electrons. The van der Waals surface area contributed by atoms with Gasteiger partial charge in [0, 0.05) is 23.7 Å². The Labute approximate surface area is 113 Å². The van der Waals surface area contributed by atoms with E-state index in [1.54, 1.807) is 0 Å². The first-order valence-electron chi connectivity index (χ1n) is 6.62. The molecule has 1 aliphatic rings. The summed E-state index contributed by atoms with van der Waals surface area (Å²) in [6, 6.07) is 1.85. The first-order valence-corrected chi connectivity index (χ1v) is 6.62. The Balaban J connectivity index is 1.94. The SMILES string of the molecule is CC(C)(C)c1cc(NC(=O)C2CCC(CN)O2)n[nH]1. The first kappa shape index (κ1) is 14.0. The number of carbonyl (C=O) groups is 1. The van der Waals surface area contributed by atoms with Gasteiger partial charge in [-0.1, -0.05) is 20.8 Å². The number of hydrogen-bond acceptors (Lipinski definition) is 4. The molecule has 1 aliphatic heterocycles. The summed E-state index contributed by atoms with van der Waals surface area (Å²) in [5, 5.41) is 9.81. The molecule has 1 saturated heterocycles. The van der Waals surface area contributed by atoms with Crippen LogP contribution in [0.25, 0.3) is 0 Å². The summed E-state index contributed by atoms with van der Waals surface area (Å²) in [7, 11) is 0. The molecule has 0 saturated carbocycles. The van der Waals surface area contributed by atoms with Crippen molar-refractivity contribution in [2.45, 2.75) is 51.2 Å². The van der Waals surface area contributed by atoms with Crippen molar-refractivity contribution < 1.29 is 9.53 Å². The van der Waals surface area contributed by atoms with Crippen LogP contribution in [0.2, 0.25) is 0 Å². The first-order chi connectivity index (χ1) is 8.90. The molecule has 2 unspecified atom stereocenters. The molecule has 4 N–H and O–H groups in total. The molecule has 6 heteroatoms. The fourth-order valence-electron chi connectivity index (χ4n) is 2.05. The lowest BCUT2D eigenvalue weighted by molar-refractivity contribution is -0.126. The van der Waals surface area contributed by atoms with E-state index in [1.807, 2.05) is 6.07 Å². The number of carbonyl (C=O) groups excluding carboxylic acids is 1. The van der Waals surface area contributed by atoms with E-state index in [0.717, 1.165) is 12.1 Å². The van der Waals surface area contributed by atoms with Crippen LogP contribution >= 0.6 is 0 Å². The molecular formula is C13H22N4O2. The maximum Gasteiger partial charge on any atom is 0.254 e. The number of ether oxygens (including phenoxy) is 1. The highest BCUT2D eigenvalue weighted by molar-refractivity contribution is 5.93. The van der Waals surface area contributed by atoms with Gasteiger partial charge in [0.25, 0.3) is 5.91 Å². The van der Waals surface area contributed by atoms with Gasteiger partial charge in [0.15, 0.2) is 5.82 Å². The number of nitrogens with two attached hydrogens (primary N) is 1. The molecule has 2 atom stereocenters. The largest absolute Gasteiger partial charge is 0.364 e.